The fraction of sp³-hybridized carbons (Fsp3) is 0.969. The number of likely N-dealkylation sites (tertiary alicyclic amines) is 1. The summed E-state index contributed by atoms with van der Waals surface area (Å²) in [6.45, 7) is 15.4. The van der Waals surface area contributed by atoms with Crippen molar-refractivity contribution in [2.45, 2.75) is 87.6 Å². The number of hydrogen-bond donors (Lipinski definition) is 3. The van der Waals surface area contributed by atoms with Crippen molar-refractivity contribution >= 4 is 17.7 Å². The number of thioether (sulfide) groups is 1. The smallest absolute Gasteiger partial charge is 0.221 e. The van der Waals surface area contributed by atoms with Crippen LogP contribution in [0, 0.1) is 11.8 Å². The van der Waals surface area contributed by atoms with E-state index in [2.05, 4.69) is 42.5 Å². The maximum atomic E-state index is 13.4. The maximum Gasteiger partial charge on any atom is 0.221 e. The van der Waals surface area contributed by atoms with Gasteiger partial charge in [-0.05, 0) is 83.1 Å². The van der Waals surface area contributed by atoms with Crippen LogP contribution in [0.1, 0.15) is 51.9 Å². The summed E-state index contributed by atoms with van der Waals surface area (Å²) in [6, 6.07) is 1.46. The molecule has 1 aliphatic carbocycles. The number of fused-ring (bicyclic) bond motifs is 1. The normalized spacial score (nSPS) is 38.0. The molecule has 0 bridgehead atoms. The molecule has 5 heterocycles. The highest BCUT2D eigenvalue weighted by atomic mass is 32.2. The third-order valence-electron chi connectivity index (χ3n) is 11.3. The van der Waals surface area contributed by atoms with E-state index in [1.165, 1.54) is 45.2 Å². The highest BCUT2D eigenvalue weighted by molar-refractivity contribution is 8.00. The second-order valence-electron chi connectivity index (χ2n) is 14.0. The molecule has 1 saturated carbocycles. The average molecular weight is 622 g/mol. The van der Waals surface area contributed by atoms with Gasteiger partial charge in [-0.25, -0.2) is 0 Å². The minimum absolute atomic E-state index is 0.203. The summed E-state index contributed by atoms with van der Waals surface area (Å²) in [5.74, 6) is 2.60. The molecule has 6 fully saturated rings. The zero-order valence-corrected chi connectivity index (χ0v) is 27.7. The minimum atomic E-state index is 0.203. The molecule has 11 heteroatoms. The molecule has 43 heavy (non-hydrogen) atoms. The Morgan fingerprint density at radius 3 is 2.67 bits per heavy atom. The highest BCUT2D eigenvalue weighted by Gasteiger charge is 2.47. The van der Waals surface area contributed by atoms with E-state index >= 15 is 0 Å². The zero-order valence-electron chi connectivity index (χ0n) is 26.9. The van der Waals surface area contributed by atoms with Gasteiger partial charge in [-0.15, -0.1) is 11.8 Å². The van der Waals surface area contributed by atoms with Gasteiger partial charge in [0.15, 0.2) is 0 Å². The van der Waals surface area contributed by atoms with Crippen LogP contribution < -0.4 is 16.0 Å². The molecule has 8 atom stereocenters. The Hall–Kier alpha value is -0.500. The fourth-order valence-corrected chi connectivity index (χ4v) is 10.5. The van der Waals surface area contributed by atoms with Crippen LogP contribution in [-0.4, -0.2) is 159 Å². The van der Waals surface area contributed by atoms with Gasteiger partial charge in [-0.2, -0.15) is 0 Å². The third-order valence-corrected chi connectivity index (χ3v) is 12.6. The average Bonchev–Trinajstić information content (AvgIpc) is 3.68. The molecule has 10 nitrogen and oxygen atoms in total. The molecule has 1 amide bonds. The minimum Gasteiger partial charge on any atom is -0.379 e. The van der Waals surface area contributed by atoms with Gasteiger partial charge in [-0.1, -0.05) is 6.92 Å². The Labute approximate surface area is 264 Å². The van der Waals surface area contributed by atoms with E-state index in [9.17, 15) is 4.79 Å². The predicted molar refractivity (Wildman–Crippen MR) is 173 cm³/mol. The van der Waals surface area contributed by atoms with E-state index in [-0.39, 0.29) is 18.1 Å². The Kier molecular flexibility index (Phi) is 12.0. The fourth-order valence-electron chi connectivity index (χ4n) is 9.06. The van der Waals surface area contributed by atoms with Crippen molar-refractivity contribution in [3.8, 4) is 0 Å². The first-order valence-electron chi connectivity index (χ1n) is 17.5. The first kappa shape index (κ1) is 32.4. The first-order valence-corrected chi connectivity index (χ1v) is 18.6. The summed E-state index contributed by atoms with van der Waals surface area (Å²) < 4.78 is 11.9. The summed E-state index contributed by atoms with van der Waals surface area (Å²) in [4.78, 5) is 23.9. The van der Waals surface area contributed by atoms with E-state index in [0.717, 1.165) is 90.2 Å². The molecule has 3 N–H and O–H groups in total. The molecule has 0 spiro atoms. The summed E-state index contributed by atoms with van der Waals surface area (Å²) in [5.41, 5.74) is 0.318. The zero-order chi connectivity index (χ0) is 29.6. The molecule has 246 valence electrons. The molecular weight excluding hydrogens is 562 g/mol. The van der Waals surface area contributed by atoms with Crippen LogP contribution in [0.25, 0.3) is 0 Å². The van der Waals surface area contributed by atoms with Gasteiger partial charge in [0.05, 0.1) is 25.4 Å². The number of methoxy groups -OCH3 is 1. The SMILES string of the molecule is COC1C(C)CC2CCCNC2C1N1CCCN(C(CC(=O)NCCN2CCCC2)C2CSC(N3CCOCC3)N2)CC1. The molecular formula is C32H59N7O3S. The molecule has 0 radical (unpaired) electrons. The van der Waals surface area contributed by atoms with Crippen molar-refractivity contribution in [2.75, 3.05) is 98.1 Å². The van der Waals surface area contributed by atoms with Crippen LogP contribution in [0.5, 0.6) is 0 Å². The third kappa shape index (κ3) is 8.08. The predicted octanol–water partition coefficient (Wildman–Crippen LogP) is 1.08. The largest absolute Gasteiger partial charge is 0.379 e. The molecule has 0 aromatic carbocycles. The summed E-state index contributed by atoms with van der Waals surface area (Å²) in [7, 11) is 1.92. The lowest BCUT2D eigenvalue weighted by Crippen LogP contribution is -2.65. The number of carbonyl (C=O) groups is 1. The van der Waals surface area contributed by atoms with Crippen LogP contribution in [0.3, 0.4) is 0 Å². The number of rotatable bonds is 10. The number of nitrogens with zero attached hydrogens (tertiary/aromatic N) is 4. The summed E-state index contributed by atoms with van der Waals surface area (Å²) in [5, 5.41) is 11.2. The van der Waals surface area contributed by atoms with Crippen molar-refractivity contribution < 1.29 is 14.3 Å². The van der Waals surface area contributed by atoms with E-state index in [1.54, 1.807) is 0 Å². The van der Waals surface area contributed by atoms with E-state index < -0.39 is 0 Å². The quantitative estimate of drug-likeness (QED) is 0.330. The standard InChI is InChI=1S/C32H59N7O3S/c1-24-21-25-7-5-8-34-29(25)30(31(24)41-2)38-13-6-12-37(15-16-38)27(22-28(40)33-9-14-36-10-3-4-11-36)26-23-43-32(35-26)39-17-19-42-20-18-39/h24-27,29-32,34-35H,3-23H2,1-2H3,(H,33,40). The number of amides is 1. The monoisotopic (exact) mass is 621 g/mol. The number of carbonyl (C=O) groups excluding carboxylic acids is 1. The van der Waals surface area contributed by atoms with Crippen molar-refractivity contribution in [2.24, 2.45) is 11.8 Å². The molecule has 6 rings (SSSR count). The topological polar surface area (TPSA) is 84.6 Å². The molecule has 0 aromatic heterocycles. The first-order chi connectivity index (χ1) is 21.1. The summed E-state index contributed by atoms with van der Waals surface area (Å²) >= 11 is 2.01. The van der Waals surface area contributed by atoms with Gasteiger partial charge in [-0.3, -0.25) is 24.8 Å². The van der Waals surface area contributed by atoms with Gasteiger partial charge < -0.3 is 25.0 Å². The Morgan fingerprint density at radius 1 is 1.02 bits per heavy atom. The number of piperidine rings is 1. The Bertz CT molecular complexity index is 876. The van der Waals surface area contributed by atoms with E-state index in [0.29, 0.717) is 36.0 Å². The molecule has 5 saturated heterocycles. The second kappa shape index (κ2) is 15.9. The second-order valence-corrected chi connectivity index (χ2v) is 15.1. The number of morpholine rings is 1. The van der Waals surface area contributed by atoms with Crippen LogP contribution in [0.15, 0.2) is 0 Å². The maximum absolute atomic E-state index is 13.4. The Morgan fingerprint density at radius 2 is 1.86 bits per heavy atom. The van der Waals surface area contributed by atoms with Crippen LogP contribution in [-0.2, 0) is 14.3 Å². The number of nitrogens with one attached hydrogen (secondary N) is 3. The van der Waals surface area contributed by atoms with Gasteiger partial charge in [0.25, 0.3) is 0 Å². The Balaban J connectivity index is 1.11. The molecule has 8 unspecified atom stereocenters. The van der Waals surface area contributed by atoms with Gasteiger partial charge in [0, 0.05) is 76.7 Å². The number of ether oxygens (including phenoxy) is 2. The van der Waals surface area contributed by atoms with Crippen molar-refractivity contribution in [3.63, 3.8) is 0 Å². The lowest BCUT2D eigenvalue weighted by atomic mass is 9.70. The van der Waals surface area contributed by atoms with Gasteiger partial charge >= 0.3 is 0 Å². The van der Waals surface area contributed by atoms with E-state index in [1.807, 2.05) is 18.9 Å². The van der Waals surface area contributed by atoms with Crippen LogP contribution in [0.2, 0.25) is 0 Å². The van der Waals surface area contributed by atoms with E-state index in [4.69, 9.17) is 9.47 Å². The van der Waals surface area contributed by atoms with Gasteiger partial charge in [0.2, 0.25) is 5.91 Å². The highest BCUT2D eigenvalue weighted by Crippen LogP contribution is 2.38. The lowest BCUT2D eigenvalue weighted by Gasteiger charge is -2.52. The summed E-state index contributed by atoms with van der Waals surface area (Å²) in [6.07, 6.45) is 8.49. The lowest BCUT2D eigenvalue weighted by molar-refractivity contribution is -0.122. The number of hydrogen-bond acceptors (Lipinski definition) is 10. The molecule has 6 aliphatic rings. The van der Waals surface area contributed by atoms with Crippen molar-refractivity contribution in [1.82, 2.24) is 35.6 Å². The molecule has 0 aromatic rings. The van der Waals surface area contributed by atoms with Crippen LogP contribution in [0.4, 0.5) is 0 Å². The molecule has 5 aliphatic heterocycles. The van der Waals surface area contributed by atoms with Gasteiger partial charge in [0.1, 0.15) is 5.50 Å². The van der Waals surface area contributed by atoms with Crippen molar-refractivity contribution in [3.05, 3.63) is 0 Å². The van der Waals surface area contributed by atoms with Crippen molar-refractivity contribution in [1.29, 1.82) is 0 Å². The van der Waals surface area contributed by atoms with Crippen LogP contribution >= 0.6 is 11.8 Å².